The second-order valence-electron chi connectivity index (χ2n) is 6.35. The maximum atomic E-state index is 5.44. The van der Waals surface area contributed by atoms with Gasteiger partial charge in [0.25, 0.3) is 0 Å². The lowest BCUT2D eigenvalue weighted by Gasteiger charge is -2.41. The highest BCUT2D eigenvalue weighted by atomic mass is 127. The van der Waals surface area contributed by atoms with E-state index in [0.29, 0.717) is 0 Å². The number of guanidine groups is 1. The number of rotatable bonds is 5. The van der Waals surface area contributed by atoms with E-state index in [-0.39, 0.29) is 29.5 Å². The molecule has 2 heterocycles. The second kappa shape index (κ2) is 10.2. The Balaban J connectivity index is 0.00000242. The van der Waals surface area contributed by atoms with Crippen molar-refractivity contribution >= 4 is 41.7 Å². The Hall–Kier alpha value is 0.270. The van der Waals surface area contributed by atoms with E-state index in [0.717, 1.165) is 50.6 Å². The first-order valence-corrected chi connectivity index (χ1v) is 9.05. The summed E-state index contributed by atoms with van der Waals surface area (Å²) in [6, 6.07) is 0. The summed E-state index contributed by atoms with van der Waals surface area (Å²) in [4.78, 5) is 6.83. The monoisotopic (exact) mass is 442 g/mol. The molecule has 0 aromatic carbocycles. The van der Waals surface area contributed by atoms with E-state index in [4.69, 9.17) is 4.74 Å². The molecule has 0 radical (unpaired) electrons. The third kappa shape index (κ3) is 6.41. The van der Waals surface area contributed by atoms with Crippen LogP contribution < -0.4 is 10.6 Å². The maximum absolute atomic E-state index is 5.44. The van der Waals surface area contributed by atoms with Crippen molar-refractivity contribution in [3.8, 4) is 0 Å². The van der Waals surface area contributed by atoms with Gasteiger partial charge in [-0.25, -0.2) is 0 Å². The van der Waals surface area contributed by atoms with Crippen LogP contribution in [0.5, 0.6) is 0 Å². The molecule has 0 bridgehead atoms. The molecule has 5 nitrogen and oxygen atoms in total. The van der Waals surface area contributed by atoms with Crippen LogP contribution in [-0.4, -0.2) is 73.8 Å². The molecule has 7 heteroatoms. The van der Waals surface area contributed by atoms with Gasteiger partial charge in [0.1, 0.15) is 0 Å². The number of hydrogen-bond acceptors (Lipinski definition) is 4. The number of hydrogen-bond donors (Lipinski definition) is 2. The molecule has 0 spiro atoms. The van der Waals surface area contributed by atoms with Crippen molar-refractivity contribution in [3.63, 3.8) is 0 Å². The lowest BCUT2D eigenvalue weighted by molar-refractivity contribution is -0.00833. The molecular weight excluding hydrogens is 411 g/mol. The predicted molar refractivity (Wildman–Crippen MR) is 107 cm³/mol. The Morgan fingerprint density at radius 1 is 1.32 bits per heavy atom. The number of morpholine rings is 1. The summed E-state index contributed by atoms with van der Waals surface area (Å²) in [5.41, 5.74) is 0.115. The zero-order valence-electron chi connectivity index (χ0n) is 14.1. The number of halogens is 1. The van der Waals surface area contributed by atoms with Crippen LogP contribution in [0.15, 0.2) is 4.99 Å². The van der Waals surface area contributed by atoms with Gasteiger partial charge in [-0.15, -0.1) is 24.0 Å². The first-order valence-electron chi connectivity index (χ1n) is 8.01. The highest BCUT2D eigenvalue weighted by molar-refractivity contribution is 14.0. The first kappa shape index (κ1) is 20.3. The van der Waals surface area contributed by atoms with Gasteiger partial charge in [-0.3, -0.25) is 9.89 Å². The molecule has 0 aromatic rings. The van der Waals surface area contributed by atoms with E-state index in [2.05, 4.69) is 46.1 Å². The van der Waals surface area contributed by atoms with Crippen molar-refractivity contribution in [1.82, 2.24) is 15.5 Å². The summed E-state index contributed by atoms with van der Waals surface area (Å²) in [7, 11) is 1.85. The van der Waals surface area contributed by atoms with Gasteiger partial charge in [-0.2, -0.15) is 11.8 Å². The lowest BCUT2D eigenvalue weighted by Crippen LogP contribution is -2.56. The van der Waals surface area contributed by atoms with Crippen molar-refractivity contribution in [2.45, 2.75) is 37.5 Å². The summed E-state index contributed by atoms with van der Waals surface area (Å²) in [5, 5.41) is 7.69. The average molecular weight is 442 g/mol. The lowest BCUT2D eigenvalue weighted by atomic mass is 10.0. The Morgan fingerprint density at radius 2 is 2.05 bits per heavy atom. The molecule has 2 rings (SSSR count). The standard InChI is InChI=1S/C15H30N4OS.HI/c1-15(2,19-6-8-20-9-7-19)12-18-14(16-3)17-11-13-5-4-10-21-13;/h13H,4-12H2,1-3H3,(H2,16,17,18);1H. The van der Waals surface area contributed by atoms with Crippen LogP contribution in [0.3, 0.4) is 0 Å². The SMILES string of the molecule is CN=C(NCC1CCCS1)NCC(C)(C)N1CCOCC1.I. The minimum atomic E-state index is 0. The Kier molecular flexibility index (Phi) is 9.42. The van der Waals surface area contributed by atoms with Gasteiger partial charge in [0, 0.05) is 44.0 Å². The van der Waals surface area contributed by atoms with Gasteiger partial charge < -0.3 is 15.4 Å². The Bertz CT molecular complexity index is 342. The van der Waals surface area contributed by atoms with E-state index in [9.17, 15) is 0 Å². The van der Waals surface area contributed by atoms with Gasteiger partial charge in [0.15, 0.2) is 5.96 Å². The Labute approximate surface area is 156 Å². The van der Waals surface area contributed by atoms with Gasteiger partial charge >= 0.3 is 0 Å². The smallest absolute Gasteiger partial charge is 0.191 e. The third-order valence-electron chi connectivity index (χ3n) is 4.30. The first-order chi connectivity index (χ1) is 10.1. The summed E-state index contributed by atoms with van der Waals surface area (Å²) >= 11 is 2.07. The zero-order valence-corrected chi connectivity index (χ0v) is 17.2. The molecular formula is C15H31IN4OS. The molecule has 0 amide bonds. The van der Waals surface area contributed by atoms with E-state index < -0.39 is 0 Å². The van der Waals surface area contributed by atoms with E-state index in [1.165, 1.54) is 18.6 Å². The number of nitrogens with one attached hydrogen (secondary N) is 2. The fraction of sp³-hybridized carbons (Fsp3) is 0.933. The van der Waals surface area contributed by atoms with Crippen molar-refractivity contribution < 1.29 is 4.74 Å². The Morgan fingerprint density at radius 3 is 2.64 bits per heavy atom. The van der Waals surface area contributed by atoms with Crippen molar-refractivity contribution in [3.05, 3.63) is 0 Å². The van der Waals surface area contributed by atoms with E-state index >= 15 is 0 Å². The number of aliphatic imine (C=N–C) groups is 1. The molecule has 22 heavy (non-hydrogen) atoms. The molecule has 0 saturated carbocycles. The summed E-state index contributed by atoms with van der Waals surface area (Å²) < 4.78 is 5.44. The fourth-order valence-corrected chi connectivity index (χ4v) is 4.02. The highest BCUT2D eigenvalue weighted by Gasteiger charge is 2.28. The summed E-state index contributed by atoms with van der Waals surface area (Å²) in [6.07, 6.45) is 2.68. The quantitative estimate of drug-likeness (QED) is 0.386. The molecule has 130 valence electrons. The molecule has 2 aliphatic rings. The number of thioether (sulfide) groups is 1. The number of nitrogens with zero attached hydrogens (tertiary/aromatic N) is 2. The molecule has 1 unspecified atom stereocenters. The van der Waals surface area contributed by atoms with E-state index in [1.807, 2.05) is 7.05 Å². The molecule has 0 aliphatic carbocycles. The highest BCUT2D eigenvalue weighted by Crippen LogP contribution is 2.25. The van der Waals surface area contributed by atoms with Crippen LogP contribution >= 0.6 is 35.7 Å². The van der Waals surface area contributed by atoms with Gasteiger partial charge in [0.05, 0.1) is 13.2 Å². The molecule has 2 N–H and O–H groups in total. The van der Waals surface area contributed by atoms with Gasteiger partial charge in [-0.05, 0) is 32.4 Å². The fourth-order valence-electron chi connectivity index (χ4n) is 2.82. The van der Waals surface area contributed by atoms with Crippen molar-refractivity contribution in [1.29, 1.82) is 0 Å². The second-order valence-corrected chi connectivity index (χ2v) is 7.76. The average Bonchev–Trinajstić information content (AvgIpc) is 3.02. The summed E-state index contributed by atoms with van der Waals surface area (Å²) in [6.45, 7) is 10.2. The van der Waals surface area contributed by atoms with Gasteiger partial charge in [0.2, 0.25) is 0 Å². The predicted octanol–water partition coefficient (Wildman–Crippen LogP) is 1.78. The van der Waals surface area contributed by atoms with Gasteiger partial charge in [-0.1, -0.05) is 0 Å². The molecule has 2 aliphatic heterocycles. The van der Waals surface area contributed by atoms with E-state index in [1.54, 1.807) is 0 Å². The molecule has 2 fully saturated rings. The molecule has 0 aromatic heterocycles. The van der Waals surface area contributed by atoms with Crippen molar-refractivity contribution in [2.24, 2.45) is 4.99 Å². The van der Waals surface area contributed by atoms with Crippen LogP contribution in [0.1, 0.15) is 26.7 Å². The van der Waals surface area contributed by atoms with Crippen LogP contribution in [0, 0.1) is 0 Å². The van der Waals surface area contributed by atoms with Crippen LogP contribution in [0.4, 0.5) is 0 Å². The number of ether oxygens (including phenoxy) is 1. The minimum Gasteiger partial charge on any atom is -0.379 e. The molecule has 1 atom stereocenters. The normalized spacial score (nSPS) is 24.0. The third-order valence-corrected chi connectivity index (χ3v) is 5.70. The topological polar surface area (TPSA) is 48.9 Å². The maximum Gasteiger partial charge on any atom is 0.191 e. The summed E-state index contributed by atoms with van der Waals surface area (Å²) in [5.74, 6) is 2.23. The largest absolute Gasteiger partial charge is 0.379 e. The van der Waals surface area contributed by atoms with Crippen molar-refractivity contribution in [2.75, 3.05) is 52.2 Å². The minimum absolute atomic E-state index is 0. The molecule has 2 saturated heterocycles. The van der Waals surface area contributed by atoms with Crippen LogP contribution in [-0.2, 0) is 4.74 Å². The zero-order chi connectivity index (χ0) is 15.1. The van der Waals surface area contributed by atoms with Crippen LogP contribution in [0.2, 0.25) is 0 Å². The van der Waals surface area contributed by atoms with Crippen LogP contribution in [0.25, 0.3) is 0 Å².